The highest BCUT2D eigenvalue weighted by Crippen LogP contribution is 2.21. The minimum Gasteiger partial charge on any atom is -0.465 e. The average molecular weight is 238 g/mol. The Labute approximate surface area is 103 Å². The molecule has 1 N–H and O–H groups in total. The molecule has 3 nitrogen and oxygen atoms in total. The molecule has 0 bridgehead atoms. The first kappa shape index (κ1) is 14.0. The highest BCUT2D eigenvalue weighted by atomic mass is 16.7. The molecule has 0 aliphatic heterocycles. The van der Waals surface area contributed by atoms with Gasteiger partial charge in [0.1, 0.15) is 5.75 Å². The molecule has 2 unspecified atom stereocenters. The van der Waals surface area contributed by atoms with Gasteiger partial charge in [0.2, 0.25) is 0 Å². The number of hydrogen-bond donors (Lipinski definition) is 1. The van der Waals surface area contributed by atoms with Crippen LogP contribution in [-0.4, -0.2) is 18.0 Å². The van der Waals surface area contributed by atoms with Crippen LogP contribution in [0.1, 0.15) is 45.3 Å². The number of hydrogen-bond acceptors (Lipinski definition) is 3. The van der Waals surface area contributed by atoms with E-state index in [0.29, 0.717) is 6.61 Å². The number of rotatable bonds is 7. The van der Waals surface area contributed by atoms with Crippen LogP contribution in [0.3, 0.4) is 0 Å². The summed E-state index contributed by atoms with van der Waals surface area (Å²) in [6.07, 6.45) is 0.948. The van der Waals surface area contributed by atoms with Crippen LogP contribution in [0.25, 0.3) is 0 Å². The highest BCUT2D eigenvalue weighted by Gasteiger charge is 2.08. The molecule has 0 aromatic heterocycles. The molecule has 0 spiro atoms. The van der Waals surface area contributed by atoms with E-state index in [1.807, 2.05) is 45.0 Å². The Bertz CT molecular complexity index is 308. The molecule has 1 aromatic rings. The minimum absolute atomic E-state index is 0.193. The Hall–Kier alpha value is -1.06. The van der Waals surface area contributed by atoms with Crippen molar-refractivity contribution in [3.63, 3.8) is 0 Å². The molecule has 0 amide bonds. The maximum absolute atomic E-state index is 9.67. The highest BCUT2D eigenvalue weighted by molar-refractivity contribution is 5.28. The molecule has 1 aromatic carbocycles. The Morgan fingerprint density at radius 3 is 2.18 bits per heavy atom. The van der Waals surface area contributed by atoms with Crippen molar-refractivity contribution in [2.24, 2.45) is 0 Å². The fourth-order valence-corrected chi connectivity index (χ4v) is 1.58. The maximum Gasteiger partial charge on any atom is 0.199 e. The van der Waals surface area contributed by atoms with Crippen molar-refractivity contribution in [1.82, 2.24) is 0 Å². The summed E-state index contributed by atoms with van der Waals surface area (Å²) in [5.74, 6) is 0.775. The van der Waals surface area contributed by atoms with Gasteiger partial charge in [0.15, 0.2) is 6.29 Å². The molecule has 17 heavy (non-hydrogen) atoms. The van der Waals surface area contributed by atoms with Crippen LogP contribution < -0.4 is 4.74 Å². The van der Waals surface area contributed by atoms with Crippen LogP contribution in [-0.2, 0) is 4.74 Å². The lowest BCUT2D eigenvalue weighted by Gasteiger charge is -2.17. The summed E-state index contributed by atoms with van der Waals surface area (Å²) < 4.78 is 11.1. The maximum atomic E-state index is 9.67. The Kier molecular flexibility index (Phi) is 6.01. The second-order valence-electron chi connectivity index (χ2n) is 3.90. The van der Waals surface area contributed by atoms with Crippen LogP contribution in [0.5, 0.6) is 5.75 Å². The van der Waals surface area contributed by atoms with Crippen molar-refractivity contribution in [1.29, 1.82) is 0 Å². The van der Waals surface area contributed by atoms with Crippen LogP contribution in [0.4, 0.5) is 0 Å². The number of aliphatic hydroxyl groups is 1. The zero-order chi connectivity index (χ0) is 12.7. The summed E-state index contributed by atoms with van der Waals surface area (Å²) in [7, 11) is 0. The second kappa shape index (κ2) is 7.30. The molecule has 0 saturated carbocycles. The fraction of sp³-hybridized carbons (Fsp3) is 0.571. The number of aliphatic hydroxyl groups excluding tert-OH is 1. The predicted octanol–water partition coefficient (Wildman–Crippen LogP) is 3.28. The number of ether oxygens (including phenoxy) is 2. The lowest BCUT2D eigenvalue weighted by molar-refractivity contribution is -0.0766. The van der Waals surface area contributed by atoms with E-state index < -0.39 is 6.10 Å². The molecule has 2 atom stereocenters. The van der Waals surface area contributed by atoms with Crippen molar-refractivity contribution in [2.45, 2.75) is 46.0 Å². The van der Waals surface area contributed by atoms with Crippen LogP contribution in [0.2, 0.25) is 0 Å². The van der Waals surface area contributed by atoms with Crippen LogP contribution in [0, 0.1) is 0 Å². The van der Waals surface area contributed by atoms with E-state index in [9.17, 15) is 5.11 Å². The first-order valence-electron chi connectivity index (χ1n) is 6.27. The quantitative estimate of drug-likeness (QED) is 0.741. The lowest BCUT2D eigenvalue weighted by Crippen LogP contribution is -2.19. The van der Waals surface area contributed by atoms with Gasteiger partial charge in [0, 0.05) is 13.0 Å². The molecule has 3 heteroatoms. The molecule has 0 saturated heterocycles. The molecule has 0 radical (unpaired) electrons. The first-order chi connectivity index (χ1) is 8.21. The van der Waals surface area contributed by atoms with Gasteiger partial charge in [0.25, 0.3) is 0 Å². The largest absolute Gasteiger partial charge is 0.465 e. The zero-order valence-electron chi connectivity index (χ0n) is 10.8. The monoisotopic (exact) mass is 238 g/mol. The van der Waals surface area contributed by atoms with E-state index in [0.717, 1.165) is 24.2 Å². The molecule has 0 aliphatic carbocycles. The Balaban J connectivity index is 2.61. The van der Waals surface area contributed by atoms with E-state index in [2.05, 4.69) is 0 Å². The van der Waals surface area contributed by atoms with Crippen molar-refractivity contribution >= 4 is 0 Å². The third-order valence-electron chi connectivity index (χ3n) is 2.60. The van der Waals surface area contributed by atoms with E-state index in [-0.39, 0.29) is 6.29 Å². The van der Waals surface area contributed by atoms with Crippen molar-refractivity contribution in [3.8, 4) is 5.75 Å². The van der Waals surface area contributed by atoms with E-state index >= 15 is 0 Å². The van der Waals surface area contributed by atoms with Gasteiger partial charge >= 0.3 is 0 Å². The van der Waals surface area contributed by atoms with Gasteiger partial charge in [-0.3, -0.25) is 0 Å². The first-order valence-corrected chi connectivity index (χ1v) is 6.27. The van der Waals surface area contributed by atoms with Crippen molar-refractivity contribution in [2.75, 3.05) is 6.61 Å². The second-order valence-corrected chi connectivity index (χ2v) is 3.90. The van der Waals surface area contributed by atoms with E-state index in [1.165, 1.54) is 0 Å². The van der Waals surface area contributed by atoms with Gasteiger partial charge in [-0.25, -0.2) is 0 Å². The van der Waals surface area contributed by atoms with Crippen molar-refractivity contribution in [3.05, 3.63) is 29.8 Å². The number of benzene rings is 1. The van der Waals surface area contributed by atoms with Crippen LogP contribution in [0.15, 0.2) is 24.3 Å². The lowest BCUT2D eigenvalue weighted by atomic mass is 10.1. The summed E-state index contributed by atoms with van der Waals surface area (Å²) in [6, 6.07) is 7.52. The fourth-order valence-electron chi connectivity index (χ4n) is 1.58. The summed E-state index contributed by atoms with van der Waals surface area (Å²) in [4.78, 5) is 0. The van der Waals surface area contributed by atoms with E-state index in [4.69, 9.17) is 9.47 Å². The molecule has 1 rings (SSSR count). The van der Waals surface area contributed by atoms with Gasteiger partial charge < -0.3 is 14.6 Å². The van der Waals surface area contributed by atoms with Gasteiger partial charge in [-0.05, 0) is 31.0 Å². The zero-order valence-corrected chi connectivity index (χ0v) is 10.8. The standard InChI is InChI=1S/C14H22O3/c1-4-13(15)11-7-9-12(10-8-11)17-14(5-2)16-6-3/h7-10,13-15H,4-6H2,1-3H3. The summed E-state index contributed by atoms with van der Waals surface area (Å²) in [6.45, 7) is 6.57. The Morgan fingerprint density at radius 2 is 1.71 bits per heavy atom. The van der Waals surface area contributed by atoms with Gasteiger partial charge in [-0.1, -0.05) is 26.0 Å². The molecular weight excluding hydrogens is 216 g/mol. The Morgan fingerprint density at radius 1 is 1.06 bits per heavy atom. The predicted molar refractivity (Wildman–Crippen MR) is 68.0 cm³/mol. The van der Waals surface area contributed by atoms with Gasteiger partial charge in [0.05, 0.1) is 6.10 Å². The summed E-state index contributed by atoms with van der Waals surface area (Å²) in [5.41, 5.74) is 0.921. The molecule has 0 heterocycles. The average Bonchev–Trinajstić information content (AvgIpc) is 2.38. The third-order valence-corrected chi connectivity index (χ3v) is 2.60. The molecular formula is C14H22O3. The van der Waals surface area contributed by atoms with Gasteiger partial charge in [-0.2, -0.15) is 0 Å². The molecule has 0 aliphatic rings. The normalized spacial score (nSPS) is 14.4. The van der Waals surface area contributed by atoms with Crippen LogP contribution >= 0.6 is 0 Å². The topological polar surface area (TPSA) is 38.7 Å². The summed E-state index contributed by atoms with van der Waals surface area (Å²) >= 11 is 0. The SMILES string of the molecule is CCOC(CC)Oc1ccc(C(O)CC)cc1. The third kappa shape index (κ3) is 4.36. The van der Waals surface area contributed by atoms with Crippen molar-refractivity contribution < 1.29 is 14.6 Å². The summed E-state index contributed by atoms with van der Waals surface area (Å²) in [5, 5.41) is 9.67. The van der Waals surface area contributed by atoms with E-state index in [1.54, 1.807) is 0 Å². The van der Waals surface area contributed by atoms with Gasteiger partial charge in [-0.15, -0.1) is 0 Å². The molecule has 0 fully saturated rings. The smallest absolute Gasteiger partial charge is 0.199 e. The molecule has 96 valence electrons. The minimum atomic E-state index is -0.391.